The summed E-state index contributed by atoms with van der Waals surface area (Å²) in [6.07, 6.45) is 4.69. The Kier molecular flexibility index (Phi) is 3.97. The summed E-state index contributed by atoms with van der Waals surface area (Å²) in [6.45, 7) is 5.19. The molecule has 0 aromatic carbocycles. The highest BCUT2D eigenvalue weighted by atomic mass is 16.5. The number of nitrogens with zero attached hydrogens (tertiary/aromatic N) is 1. The van der Waals surface area contributed by atoms with Crippen LogP contribution in [0.25, 0.3) is 0 Å². The zero-order chi connectivity index (χ0) is 13.3. The van der Waals surface area contributed by atoms with Crippen LogP contribution in [0.4, 0.5) is 0 Å². The van der Waals surface area contributed by atoms with E-state index in [4.69, 9.17) is 10.5 Å². The van der Waals surface area contributed by atoms with Crippen LogP contribution in [-0.4, -0.2) is 43.2 Å². The molecule has 1 heterocycles. The Morgan fingerprint density at radius 3 is 2.44 bits per heavy atom. The Morgan fingerprint density at radius 1 is 1.33 bits per heavy atom. The minimum absolute atomic E-state index is 0.159. The van der Waals surface area contributed by atoms with Gasteiger partial charge in [0.15, 0.2) is 0 Å². The largest absolute Gasteiger partial charge is 0.379 e. The molecule has 1 saturated heterocycles. The molecule has 0 spiro atoms. The van der Waals surface area contributed by atoms with Gasteiger partial charge in [0, 0.05) is 19.1 Å². The van der Waals surface area contributed by atoms with Crippen molar-refractivity contribution < 1.29 is 9.53 Å². The van der Waals surface area contributed by atoms with E-state index in [1.165, 1.54) is 12.8 Å². The van der Waals surface area contributed by atoms with Gasteiger partial charge in [0.2, 0.25) is 5.91 Å². The second-order valence-electron chi connectivity index (χ2n) is 6.37. The van der Waals surface area contributed by atoms with Crippen molar-refractivity contribution in [3.63, 3.8) is 0 Å². The lowest BCUT2D eigenvalue weighted by Gasteiger charge is -2.38. The first kappa shape index (κ1) is 13.8. The number of carbonyl (C=O) groups excluding carboxylic acids is 1. The van der Waals surface area contributed by atoms with Crippen LogP contribution < -0.4 is 5.73 Å². The maximum absolute atomic E-state index is 12.6. The minimum Gasteiger partial charge on any atom is -0.379 e. The van der Waals surface area contributed by atoms with E-state index in [1.807, 2.05) is 18.9 Å². The van der Waals surface area contributed by atoms with Gasteiger partial charge in [-0.05, 0) is 38.5 Å². The lowest BCUT2D eigenvalue weighted by molar-refractivity contribution is -0.143. The van der Waals surface area contributed by atoms with Gasteiger partial charge in [0.05, 0.1) is 18.6 Å². The SMILES string of the molecule is CC1CCC(N(C)C(=O)C2(C)COCC2N)CC1. The highest BCUT2D eigenvalue weighted by Crippen LogP contribution is 2.33. The number of nitrogens with two attached hydrogens (primary N) is 1. The van der Waals surface area contributed by atoms with Gasteiger partial charge < -0.3 is 15.4 Å². The van der Waals surface area contributed by atoms with Crippen LogP contribution in [0.1, 0.15) is 39.5 Å². The first-order chi connectivity index (χ1) is 8.45. The van der Waals surface area contributed by atoms with E-state index < -0.39 is 5.41 Å². The van der Waals surface area contributed by atoms with Crippen molar-refractivity contribution in [1.82, 2.24) is 4.90 Å². The van der Waals surface area contributed by atoms with Crippen molar-refractivity contribution in [3.05, 3.63) is 0 Å². The Labute approximate surface area is 110 Å². The van der Waals surface area contributed by atoms with Gasteiger partial charge in [-0.25, -0.2) is 0 Å². The molecule has 2 unspecified atom stereocenters. The van der Waals surface area contributed by atoms with E-state index in [1.54, 1.807) is 0 Å². The molecular weight excluding hydrogens is 228 g/mol. The molecule has 2 fully saturated rings. The third-order valence-electron chi connectivity index (χ3n) is 4.86. The number of ether oxygens (including phenoxy) is 1. The molecular formula is C14H26N2O2. The molecule has 0 aromatic rings. The van der Waals surface area contributed by atoms with E-state index in [9.17, 15) is 4.79 Å². The lowest BCUT2D eigenvalue weighted by Crippen LogP contribution is -2.53. The number of carbonyl (C=O) groups is 1. The number of rotatable bonds is 2. The van der Waals surface area contributed by atoms with Crippen LogP contribution in [0.3, 0.4) is 0 Å². The third-order valence-corrected chi connectivity index (χ3v) is 4.86. The van der Waals surface area contributed by atoms with Gasteiger partial charge in [0.1, 0.15) is 0 Å². The molecule has 1 aliphatic heterocycles. The predicted octanol–water partition coefficient (Wildman–Crippen LogP) is 1.39. The molecule has 0 radical (unpaired) electrons. The first-order valence-corrected chi connectivity index (χ1v) is 7.05. The first-order valence-electron chi connectivity index (χ1n) is 7.05. The van der Waals surface area contributed by atoms with Crippen LogP contribution in [-0.2, 0) is 9.53 Å². The summed E-state index contributed by atoms with van der Waals surface area (Å²) < 4.78 is 5.38. The molecule has 18 heavy (non-hydrogen) atoms. The summed E-state index contributed by atoms with van der Waals surface area (Å²) in [7, 11) is 1.93. The fraction of sp³-hybridized carbons (Fsp3) is 0.929. The molecule has 2 aliphatic rings. The average Bonchev–Trinajstić information content (AvgIpc) is 2.70. The summed E-state index contributed by atoms with van der Waals surface area (Å²) in [5.74, 6) is 0.962. The maximum Gasteiger partial charge on any atom is 0.232 e. The van der Waals surface area contributed by atoms with Gasteiger partial charge in [0.25, 0.3) is 0 Å². The van der Waals surface area contributed by atoms with Crippen molar-refractivity contribution in [3.8, 4) is 0 Å². The van der Waals surface area contributed by atoms with Crippen LogP contribution >= 0.6 is 0 Å². The van der Waals surface area contributed by atoms with Crippen molar-refractivity contribution in [2.75, 3.05) is 20.3 Å². The molecule has 1 amide bonds. The molecule has 4 heteroatoms. The van der Waals surface area contributed by atoms with Gasteiger partial charge in [-0.15, -0.1) is 0 Å². The van der Waals surface area contributed by atoms with Gasteiger partial charge in [-0.2, -0.15) is 0 Å². The number of hydrogen-bond acceptors (Lipinski definition) is 3. The topological polar surface area (TPSA) is 55.6 Å². The molecule has 0 aromatic heterocycles. The Hall–Kier alpha value is -0.610. The van der Waals surface area contributed by atoms with Gasteiger partial charge >= 0.3 is 0 Å². The highest BCUT2D eigenvalue weighted by molar-refractivity contribution is 5.83. The Morgan fingerprint density at radius 2 is 1.94 bits per heavy atom. The number of hydrogen-bond donors (Lipinski definition) is 1. The summed E-state index contributed by atoms with van der Waals surface area (Å²) in [6, 6.07) is 0.216. The fourth-order valence-electron chi connectivity index (χ4n) is 3.11. The number of amides is 1. The molecule has 1 saturated carbocycles. The summed E-state index contributed by atoms with van der Waals surface area (Å²) >= 11 is 0. The van der Waals surface area contributed by atoms with Crippen molar-refractivity contribution in [2.45, 2.75) is 51.6 Å². The minimum atomic E-state index is -0.530. The van der Waals surface area contributed by atoms with Gasteiger partial charge in [-0.3, -0.25) is 4.79 Å². The molecule has 1 aliphatic carbocycles. The van der Waals surface area contributed by atoms with Gasteiger partial charge in [-0.1, -0.05) is 6.92 Å². The van der Waals surface area contributed by atoms with E-state index in [-0.39, 0.29) is 11.9 Å². The van der Waals surface area contributed by atoms with E-state index in [0.717, 1.165) is 18.8 Å². The zero-order valence-corrected chi connectivity index (χ0v) is 11.8. The Balaban J connectivity index is 2.00. The highest BCUT2D eigenvalue weighted by Gasteiger charge is 2.46. The average molecular weight is 254 g/mol. The van der Waals surface area contributed by atoms with Crippen LogP contribution in [0, 0.1) is 11.3 Å². The normalized spacial score (nSPS) is 40.8. The van der Waals surface area contributed by atoms with Crippen molar-refractivity contribution in [1.29, 1.82) is 0 Å². The molecule has 4 nitrogen and oxygen atoms in total. The van der Waals surface area contributed by atoms with Crippen molar-refractivity contribution in [2.24, 2.45) is 17.1 Å². The predicted molar refractivity (Wildman–Crippen MR) is 71.1 cm³/mol. The monoisotopic (exact) mass is 254 g/mol. The van der Waals surface area contributed by atoms with Crippen LogP contribution in [0.5, 0.6) is 0 Å². The molecule has 2 N–H and O–H groups in total. The van der Waals surface area contributed by atoms with Crippen LogP contribution in [0.15, 0.2) is 0 Å². The summed E-state index contributed by atoms with van der Waals surface area (Å²) in [5, 5.41) is 0. The van der Waals surface area contributed by atoms with E-state index in [0.29, 0.717) is 19.3 Å². The molecule has 104 valence electrons. The van der Waals surface area contributed by atoms with Crippen LogP contribution in [0.2, 0.25) is 0 Å². The van der Waals surface area contributed by atoms with E-state index in [2.05, 4.69) is 6.92 Å². The summed E-state index contributed by atoms with van der Waals surface area (Å²) in [4.78, 5) is 14.6. The third kappa shape index (κ3) is 2.41. The van der Waals surface area contributed by atoms with Crippen molar-refractivity contribution >= 4 is 5.91 Å². The smallest absolute Gasteiger partial charge is 0.232 e. The Bertz CT molecular complexity index is 313. The maximum atomic E-state index is 12.6. The second kappa shape index (κ2) is 5.17. The van der Waals surface area contributed by atoms with E-state index >= 15 is 0 Å². The molecule has 2 rings (SSSR count). The molecule has 0 bridgehead atoms. The molecule has 2 atom stereocenters. The fourth-order valence-corrected chi connectivity index (χ4v) is 3.11. The standard InChI is InChI=1S/C14H26N2O2/c1-10-4-6-11(7-5-10)16(3)13(17)14(2)9-18-8-12(14)15/h10-12H,4-9,15H2,1-3H3. The summed E-state index contributed by atoms with van der Waals surface area (Å²) in [5.41, 5.74) is 5.50. The zero-order valence-electron chi connectivity index (χ0n) is 11.8. The lowest BCUT2D eigenvalue weighted by atomic mass is 9.82. The quantitative estimate of drug-likeness (QED) is 0.810. The second-order valence-corrected chi connectivity index (χ2v) is 6.37.